The van der Waals surface area contributed by atoms with Crippen molar-refractivity contribution in [1.29, 1.82) is 0 Å². The quantitative estimate of drug-likeness (QED) is 0.740. The number of carbonyl (C=O) groups excluding carboxylic acids is 3. The zero-order valence-electron chi connectivity index (χ0n) is 13.9. The summed E-state index contributed by atoms with van der Waals surface area (Å²) in [6.45, 7) is 6.25. The van der Waals surface area contributed by atoms with E-state index in [2.05, 4.69) is 12.6 Å². The fourth-order valence-electron chi connectivity index (χ4n) is 3.36. The molecule has 23 heavy (non-hydrogen) atoms. The Labute approximate surface area is 141 Å². The maximum absolute atomic E-state index is 12.9. The number of carbonyl (C=O) groups is 3. The molecule has 8 heteroatoms. The SMILES string of the molecule is CC(C)(C)OC(=O)N1CCCC12CCN([C@@H](CS)C(N)=O)C2=O. The van der Waals surface area contributed by atoms with Gasteiger partial charge >= 0.3 is 6.09 Å². The first kappa shape index (κ1) is 17.9. The van der Waals surface area contributed by atoms with Crippen LogP contribution in [0.1, 0.15) is 40.0 Å². The molecule has 2 aliphatic heterocycles. The van der Waals surface area contributed by atoms with E-state index in [1.54, 1.807) is 20.8 Å². The Morgan fingerprint density at radius 1 is 1.35 bits per heavy atom. The molecular weight excluding hydrogens is 318 g/mol. The van der Waals surface area contributed by atoms with Gasteiger partial charge in [0.25, 0.3) is 0 Å². The lowest BCUT2D eigenvalue weighted by molar-refractivity contribution is -0.141. The summed E-state index contributed by atoms with van der Waals surface area (Å²) in [5.41, 5.74) is 3.84. The van der Waals surface area contributed by atoms with Crippen LogP contribution in [0, 0.1) is 0 Å². The van der Waals surface area contributed by atoms with Crippen molar-refractivity contribution in [3.8, 4) is 0 Å². The molecule has 2 heterocycles. The lowest BCUT2D eigenvalue weighted by Gasteiger charge is -2.35. The van der Waals surface area contributed by atoms with E-state index >= 15 is 0 Å². The minimum atomic E-state index is -0.904. The molecule has 0 aromatic rings. The van der Waals surface area contributed by atoms with Crippen LogP contribution >= 0.6 is 12.6 Å². The van der Waals surface area contributed by atoms with Gasteiger partial charge in [0.2, 0.25) is 11.8 Å². The summed E-state index contributed by atoms with van der Waals surface area (Å²) >= 11 is 4.12. The molecule has 1 unspecified atom stereocenters. The van der Waals surface area contributed by atoms with Crippen LogP contribution < -0.4 is 5.73 Å². The molecular formula is C15H25N3O4S. The summed E-state index contributed by atoms with van der Waals surface area (Å²) in [5.74, 6) is -0.630. The third-order valence-electron chi connectivity index (χ3n) is 4.41. The number of rotatable bonds is 3. The van der Waals surface area contributed by atoms with E-state index < -0.39 is 29.2 Å². The lowest BCUT2D eigenvalue weighted by Crippen LogP contribution is -2.56. The van der Waals surface area contributed by atoms with Crippen LogP contribution in [0.5, 0.6) is 0 Å². The highest BCUT2D eigenvalue weighted by atomic mass is 32.1. The second-order valence-electron chi connectivity index (χ2n) is 7.12. The average molecular weight is 343 g/mol. The number of hydrogen-bond donors (Lipinski definition) is 2. The maximum Gasteiger partial charge on any atom is 0.411 e. The Morgan fingerprint density at radius 2 is 2.00 bits per heavy atom. The highest BCUT2D eigenvalue weighted by Crippen LogP contribution is 2.40. The second-order valence-corrected chi connectivity index (χ2v) is 7.48. The Kier molecular flexibility index (Phi) is 4.84. The third kappa shape index (κ3) is 3.27. The van der Waals surface area contributed by atoms with E-state index in [1.165, 1.54) is 9.80 Å². The van der Waals surface area contributed by atoms with Gasteiger partial charge < -0.3 is 15.4 Å². The van der Waals surface area contributed by atoms with Gasteiger partial charge in [-0.25, -0.2) is 4.79 Å². The van der Waals surface area contributed by atoms with E-state index in [4.69, 9.17) is 10.5 Å². The molecule has 0 radical (unpaired) electrons. The van der Waals surface area contributed by atoms with E-state index in [0.717, 1.165) is 6.42 Å². The minimum Gasteiger partial charge on any atom is -0.444 e. The van der Waals surface area contributed by atoms with Crippen molar-refractivity contribution in [1.82, 2.24) is 9.80 Å². The molecule has 2 N–H and O–H groups in total. The van der Waals surface area contributed by atoms with E-state index in [0.29, 0.717) is 25.9 Å². The molecule has 3 amide bonds. The first-order chi connectivity index (χ1) is 10.6. The summed E-state index contributed by atoms with van der Waals surface area (Å²) in [7, 11) is 0. The molecule has 2 fully saturated rings. The van der Waals surface area contributed by atoms with Gasteiger partial charge in [-0.15, -0.1) is 0 Å². The lowest BCUT2D eigenvalue weighted by atomic mass is 9.94. The van der Waals surface area contributed by atoms with Crippen molar-refractivity contribution >= 4 is 30.5 Å². The van der Waals surface area contributed by atoms with Gasteiger partial charge in [-0.05, 0) is 40.0 Å². The molecule has 7 nitrogen and oxygen atoms in total. The van der Waals surface area contributed by atoms with Crippen molar-refractivity contribution in [2.45, 2.75) is 57.2 Å². The van der Waals surface area contributed by atoms with Crippen molar-refractivity contribution in [2.24, 2.45) is 5.73 Å². The number of likely N-dealkylation sites (tertiary alicyclic amines) is 2. The van der Waals surface area contributed by atoms with Crippen molar-refractivity contribution in [2.75, 3.05) is 18.8 Å². The topological polar surface area (TPSA) is 92.9 Å². The van der Waals surface area contributed by atoms with Gasteiger partial charge in [0.1, 0.15) is 17.2 Å². The average Bonchev–Trinajstić information content (AvgIpc) is 2.97. The van der Waals surface area contributed by atoms with E-state index in [1.807, 2.05) is 0 Å². The Hall–Kier alpha value is -1.44. The molecule has 1 spiro atoms. The van der Waals surface area contributed by atoms with Crippen LogP contribution in [-0.4, -0.2) is 63.7 Å². The number of nitrogens with zero attached hydrogens (tertiary/aromatic N) is 2. The highest BCUT2D eigenvalue weighted by Gasteiger charge is 2.57. The molecule has 0 aromatic carbocycles. The number of amides is 3. The Balaban J connectivity index is 2.22. The minimum absolute atomic E-state index is 0.170. The monoisotopic (exact) mass is 343 g/mol. The molecule has 0 saturated carbocycles. The number of ether oxygens (including phenoxy) is 1. The summed E-state index contributed by atoms with van der Waals surface area (Å²) in [6, 6.07) is -0.744. The van der Waals surface area contributed by atoms with Gasteiger partial charge in [-0.1, -0.05) is 0 Å². The summed E-state index contributed by atoms with van der Waals surface area (Å²) in [4.78, 5) is 39.9. The van der Waals surface area contributed by atoms with Crippen LogP contribution in [-0.2, 0) is 14.3 Å². The van der Waals surface area contributed by atoms with Gasteiger partial charge in [-0.2, -0.15) is 12.6 Å². The Morgan fingerprint density at radius 3 is 2.52 bits per heavy atom. The molecule has 2 atom stereocenters. The van der Waals surface area contributed by atoms with Crippen molar-refractivity contribution in [3.05, 3.63) is 0 Å². The summed E-state index contributed by atoms with van der Waals surface area (Å²) in [5, 5.41) is 0. The van der Waals surface area contributed by atoms with Gasteiger partial charge in [0.15, 0.2) is 0 Å². The van der Waals surface area contributed by atoms with Crippen molar-refractivity contribution in [3.63, 3.8) is 0 Å². The van der Waals surface area contributed by atoms with Gasteiger partial charge in [0, 0.05) is 18.8 Å². The number of primary amides is 1. The molecule has 0 aliphatic carbocycles. The molecule has 2 rings (SSSR count). The second kappa shape index (κ2) is 6.22. The molecule has 130 valence electrons. The van der Waals surface area contributed by atoms with Crippen LogP contribution in [0.3, 0.4) is 0 Å². The van der Waals surface area contributed by atoms with Crippen LogP contribution in [0.15, 0.2) is 0 Å². The van der Waals surface area contributed by atoms with Gasteiger partial charge in [0.05, 0.1) is 0 Å². The van der Waals surface area contributed by atoms with E-state index in [9.17, 15) is 14.4 Å². The molecule has 0 bridgehead atoms. The fraction of sp³-hybridized carbons (Fsp3) is 0.800. The highest BCUT2D eigenvalue weighted by molar-refractivity contribution is 7.80. The van der Waals surface area contributed by atoms with E-state index in [-0.39, 0.29) is 11.7 Å². The van der Waals surface area contributed by atoms with Crippen LogP contribution in [0.4, 0.5) is 4.79 Å². The predicted molar refractivity (Wildman–Crippen MR) is 88.1 cm³/mol. The first-order valence-corrected chi connectivity index (χ1v) is 8.47. The first-order valence-electron chi connectivity index (χ1n) is 7.84. The normalized spacial score (nSPS) is 26.0. The molecule has 0 aromatic heterocycles. The number of thiol groups is 1. The fourth-order valence-corrected chi connectivity index (χ4v) is 3.74. The van der Waals surface area contributed by atoms with Crippen LogP contribution in [0.25, 0.3) is 0 Å². The molecule has 2 saturated heterocycles. The van der Waals surface area contributed by atoms with Crippen LogP contribution in [0.2, 0.25) is 0 Å². The molecule has 2 aliphatic rings. The number of nitrogens with two attached hydrogens (primary N) is 1. The Bertz CT molecular complexity index is 519. The summed E-state index contributed by atoms with van der Waals surface area (Å²) in [6.07, 6.45) is 1.33. The van der Waals surface area contributed by atoms with Gasteiger partial charge in [-0.3, -0.25) is 14.5 Å². The largest absolute Gasteiger partial charge is 0.444 e. The standard InChI is InChI=1S/C15H25N3O4S/c1-14(2,3)22-13(21)18-7-4-5-15(18)6-8-17(12(15)20)10(9-23)11(16)19/h10,23H,4-9H2,1-3H3,(H2,16,19)/t10-,15?/m0/s1. The smallest absolute Gasteiger partial charge is 0.411 e. The van der Waals surface area contributed by atoms with Crippen molar-refractivity contribution < 1.29 is 19.1 Å². The maximum atomic E-state index is 12.9. The third-order valence-corrected chi connectivity index (χ3v) is 4.75. The predicted octanol–water partition coefficient (Wildman–Crippen LogP) is 0.772. The number of hydrogen-bond acceptors (Lipinski definition) is 5. The zero-order chi connectivity index (χ0) is 17.4. The zero-order valence-corrected chi connectivity index (χ0v) is 14.8. The summed E-state index contributed by atoms with van der Waals surface area (Å²) < 4.78 is 5.44.